The molecule has 0 aliphatic rings. The Hall–Kier alpha value is -1.29. The van der Waals surface area contributed by atoms with Crippen molar-refractivity contribution in [3.8, 4) is 0 Å². The SMILES string of the molecule is CC(=O)c1ccc(SCC(=O)NC(C)(C)C)cc1. The molecule has 1 aromatic carbocycles. The topological polar surface area (TPSA) is 46.2 Å². The summed E-state index contributed by atoms with van der Waals surface area (Å²) in [6, 6.07) is 7.30. The zero-order valence-corrected chi connectivity index (χ0v) is 12.1. The lowest BCUT2D eigenvalue weighted by atomic mass is 10.1. The van der Waals surface area contributed by atoms with Crippen LogP contribution in [0.25, 0.3) is 0 Å². The van der Waals surface area contributed by atoms with Crippen molar-refractivity contribution < 1.29 is 9.59 Å². The fourth-order valence-electron chi connectivity index (χ4n) is 1.39. The molecule has 4 heteroatoms. The summed E-state index contributed by atoms with van der Waals surface area (Å²) >= 11 is 1.47. The van der Waals surface area contributed by atoms with Gasteiger partial charge in [-0.15, -0.1) is 11.8 Å². The minimum atomic E-state index is -0.198. The standard InChI is InChI=1S/C14H19NO2S/c1-10(16)11-5-7-12(8-6-11)18-9-13(17)15-14(2,3)4/h5-8H,9H2,1-4H3,(H,15,17). The molecular formula is C14H19NO2S. The molecule has 98 valence electrons. The van der Waals surface area contributed by atoms with Crippen LogP contribution in [-0.2, 0) is 4.79 Å². The molecule has 0 bridgehead atoms. The minimum Gasteiger partial charge on any atom is -0.351 e. The highest BCUT2D eigenvalue weighted by atomic mass is 32.2. The molecular weight excluding hydrogens is 246 g/mol. The molecule has 1 rings (SSSR count). The van der Waals surface area contributed by atoms with Crippen molar-refractivity contribution in [3.05, 3.63) is 29.8 Å². The summed E-state index contributed by atoms with van der Waals surface area (Å²) in [7, 11) is 0. The molecule has 0 aliphatic carbocycles. The molecule has 0 unspecified atom stereocenters. The van der Waals surface area contributed by atoms with E-state index in [0.29, 0.717) is 11.3 Å². The first-order valence-corrected chi connectivity index (χ1v) is 6.81. The highest BCUT2D eigenvalue weighted by Crippen LogP contribution is 2.18. The summed E-state index contributed by atoms with van der Waals surface area (Å²) in [6.07, 6.45) is 0. The summed E-state index contributed by atoms with van der Waals surface area (Å²) in [5.41, 5.74) is 0.495. The summed E-state index contributed by atoms with van der Waals surface area (Å²) in [4.78, 5) is 23.7. The van der Waals surface area contributed by atoms with E-state index in [0.717, 1.165) is 4.90 Å². The maximum atomic E-state index is 11.6. The second kappa shape index (κ2) is 6.05. The van der Waals surface area contributed by atoms with Crippen molar-refractivity contribution in [2.45, 2.75) is 38.1 Å². The van der Waals surface area contributed by atoms with Gasteiger partial charge in [0.2, 0.25) is 5.91 Å². The first-order valence-electron chi connectivity index (χ1n) is 5.83. The lowest BCUT2D eigenvalue weighted by molar-refractivity contribution is -0.119. The Morgan fingerprint density at radius 1 is 1.17 bits per heavy atom. The zero-order valence-electron chi connectivity index (χ0n) is 11.2. The van der Waals surface area contributed by atoms with Gasteiger partial charge in [-0.25, -0.2) is 0 Å². The molecule has 1 amide bonds. The fourth-order valence-corrected chi connectivity index (χ4v) is 2.09. The lowest BCUT2D eigenvalue weighted by Gasteiger charge is -2.20. The van der Waals surface area contributed by atoms with E-state index in [1.54, 1.807) is 19.1 Å². The van der Waals surface area contributed by atoms with Crippen molar-refractivity contribution >= 4 is 23.5 Å². The molecule has 0 heterocycles. The molecule has 0 radical (unpaired) electrons. The largest absolute Gasteiger partial charge is 0.351 e. The molecule has 0 fully saturated rings. The summed E-state index contributed by atoms with van der Waals surface area (Å²) in [5, 5.41) is 2.91. The van der Waals surface area contributed by atoms with Gasteiger partial charge in [0.15, 0.2) is 5.78 Å². The van der Waals surface area contributed by atoms with E-state index < -0.39 is 0 Å². The second-order valence-electron chi connectivity index (χ2n) is 5.17. The summed E-state index contributed by atoms with van der Waals surface area (Å²) in [6.45, 7) is 7.41. The normalized spacial score (nSPS) is 11.1. The second-order valence-corrected chi connectivity index (χ2v) is 6.22. The average Bonchev–Trinajstić information content (AvgIpc) is 2.24. The molecule has 0 spiro atoms. The van der Waals surface area contributed by atoms with Crippen LogP contribution >= 0.6 is 11.8 Å². The third-order valence-electron chi connectivity index (χ3n) is 2.15. The number of rotatable bonds is 4. The maximum absolute atomic E-state index is 11.6. The van der Waals surface area contributed by atoms with Crippen LogP contribution in [0.3, 0.4) is 0 Å². The van der Waals surface area contributed by atoms with E-state index in [4.69, 9.17) is 0 Å². The zero-order chi connectivity index (χ0) is 13.8. The van der Waals surface area contributed by atoms with E-state index in [2.05, 4.69) is 5.32 Å². The number of hydrogen-bond acceptors (Lipinski definition) is 3. The molecule has 0 saturated heterocycles. The monoisotopic (exact) mass is 265 g/mol. The number of hydrogen-bond donors (Lipinski definition) is 1. The number of thioether (sulfide) groups is 1. The van der Waals surface area contributed by atoms with Gasteiger partial charge in [-0.3, -0.25) is 9.59 Å². The highest BCUT2D eigenvalue weighted by molar-refractivity contribution is 8.00. The Kier molecular flexibility index (Phi) is 4.96. The molecule has 3 nitrogen and oxygen atoms in total. The number of benzene rings is 1. The van der Waals surface area contributed by atoms with Gasteiger partial charge in [0.1, 0.15) is 0 Å². The van der Waals surface area contributed by atoms with Gasteiger partial charge in [-0.2, -0.15) is 0 Å². The van der Waals surface area contributed by atoms with Gasteiger partial charge < -0.3 is 5.32 Å². The minimum absolute atomic E-state index is 0.0168. The van der Waals surface area contributed by atoms with Crippen molar-refractivity contribution in [1.29, 1.82) is 0 Å². The van der Waals surface area contributed by atoms with E-state index in [1.165, 1.54) is 11.8 Å². The third-order valence-corrected chi connectivity index (χ3v) is 3.16. The van der Waals surface area contributed by atoms with Gasteiger partial charge >= 0.3 is 0 Å². The smallest absolute Gasteiger partial charge is 0.230 e. The van der Waals surface area contributed by atoms with Crippen molar-refractivity contribution in [3.63, 3.8) is 0 Å². The van der Waals surface area contributed by atoms with Crippen molar-refractivity contribution in [2.24, 2.45) is 0 Å². The Morgan fingerprint density at radius 3 is 2.17 bits per heavy atom. The average molecular weight is 265 g/mol. The molecule has 0 atom stereocenters. The van der Waals surface area contributed by atoms with Crippen LogP contribution in [0, 0.1) is 0 Å². The van der Waals surface area contributed by atoms with E-state index in [1.807, 2.05) is 32.9 Å². The summed E-state index contributed by atoms with van der Waals surface area (Å²) in [5.74, 6) is 0.455. The molecule has 18 heavy (non-hydrogen) atoms. The van der Waals surface area contributed by atoms with E-state index >= 15 is 0 Å². The number of carbonyl (C=O) groups is 2. The van der Waals surface area contributed by atoms with Crippen LogP contribution < -0.4 is 5.32 Å². The maximum Gasteiger partial charge on any atom is 0.230 e. The Labute approximate surface area is 112 Å². The summed E-state index contributed by atoms with van der Waals surface area (Å²) < 4.78 is 0. The van der Waals surface area contributed by atoms with Gasteiger partial charge in [-0.1, -0.05) is 12.1 Å². The Bertz CT molecular complexity index is 432. The predicted molar refractivity (Wildman–Crippen MR) is 75.1 cm³/mol. The van der Waals surface area contributed by atoms with Crippen LogP contribution in [0.1, 0.15) is 38.1 Å². The highest BCUT2D eigenvalue weighted by Gasteiger charge is 2.13. The van der Waals surface area contributed by atoms with Gasteiger partial charge in [0.05, 0.1) is 5.75 Å². The first-order chi connectivity index (χ1) is 8.28. The fraction of sp³-hybridized carbons (Fsp3) is 0.429. The lowest BCUT2D eigenvalue weighted by Crippen LogP contribution is -2.41. The molecule has 1 N–H and O–H groups in total. The predicted octanol–water partition coefficient (Wildman–Crippen LogP) is 2.90. The Balaban J connectivity index is 2.49. The quantitative estimate of drug-likeness (QED) is 0.672. The van der Waals surface area contributed by atoms with E-state index in [9.17, 15) is 9.59 Å². The molecule has 1 aromatic rings. The number of ketones is 1. The Morgan fingerprint density at radius 2 is 1.72 bits per heavy atom. The number of amides is 1. The van der Waals surface area contributed by atoms with Crippen LogP contribution in [0.2, 0.25) is 0 Å². The third kappa shape index (κ3) is 5.36. The molecule has 0 saturated carbocycles. The van der Waals surface area contributed by atoms with Crippen molar-refractivity contribution in [1.82, 2.24) is 5.32 Å². The van der Waals surface area contributed by atoms with Gasteiger partial charge in [0.25, 0.3) is 0 Å². The van der Waals surface area contributed by atoms with Gasteiger partial charge in [-0.05, 0) is 39.8 Å². The molecule has 0 aliphatic heterocycles. The van der Waals surface area contributed by atoms with Crippen LogP contribution in [-0.4, -0.2) is 23.0 Å². The van der Waals surface area contributed by atoms with Crippen LogP contribution in [0.15, 0.2) is 29.2 Å². The first kappa shape index (κ1) is 14.8. The van der Waals surface area contributed by atoms with Crippen LogP contribution in [0.5, 0.6) is 0 Å². The van der Waals surface area contributed by atoms with E-state index in [-0.39, 0.29) is 17.2 Å². The number of nitrogens with one attached hydrogen (secondary N) is 1. The van der Waals surface area contributed by atoms with Crippen LogP contribution in [0.4, 0.5) is 0 Å². The molecule has 0 aromatic heterocycles. The number of carbonyl (C=O) groups excluding carboxylic acids is 2. The number of Topliss-reactive ketones (excluding diaryl/α,β-unsaturated/α-hetero) is 1. The van der Waals surface area contributed by atoms with Crippen molar-refractivity contribution in [2.75, 3.05) is 5.75 Å². The van der Waals surface area contributed by atoms with Gasteiger partial charge in [0, 0.05) is 16.0 Å².